The number of nitrogens with one attached hydrogen (secondary N) is 1. The van der Waals surface area contributed by atoms with Crippen molar-refractivity contribution in [3.63, 3.8) is 0 Å². The van der Waals surface area contributed by atoms with Crippen LogP contribution < -0.4 is 5.43 Å². The second kappa shape index (κ2) is 5.64. The van der Waals surface area contributed by atoms with Crippen LogP contribution in [0.15, 0.2) is 0 Å². The summed E-state index contributed by atoms with van der Waals surface area (Å²) in [5.41, 5.74) is 3.51. The summed E-state index contributed by atoms with van der Waals surface area (Å²) in [6.45, 7) is 2.24. The van der Waals surface area contributed by atoms with Crippen LogP contribution in [0.1, 0.15) is 44.9 Å². The molecule has 1 saturated heterocycles. The van der Waals surface area contributed by atoms with Gasteiger partial charge in [0.15, 0.2) is 0 Å². The van der Waals surface area contributed by atoms with Gasteiger partial charge in [0.25, 0.3) is 0 Å². The number of hydrogen-bond donors (Lipinski definition) is 2. The van der Waals surface area contributed by atoms with Crippen molar-refractivity contribution in [1.29, 1.82) is 0 Å². The predicted octanol–water partition coefficient (Wildman–Crippen LogP) is 1.62. The number of hydrazine groups is 1. The monoisotopic (exact) mass is 226 g/mol. The molecule has 1 saturated carbocycles. The third-order valence-corrected chi connectivity index (χ3v) is 3.74. The number of carboxylic acid groups (broad SMARTS) is 1. The minimum Gasteiger partial charge on any atom is -0.481 e. The molecule has 2 unspecified atom stereocenters. The largest absolute Gasteiger partial charge is 0.481 e. The number of carboxylic acids is 1. The number of hydrogen-bond acceptors (Lipinski definition) is 3. The van der Waals surface area contributed by atoms with E-state index in [4.69, 9.17) is 5.11 Å². The Morgan fingerprint density at radius 2 is 1.88 bits per heavy atom. The van der Waals surface area contributed by atoms with Gasteiger partial charge in [0.05, 0.1) is 5.92 Å². The average Bonchev–Trinajstić information content (AvgIpc) is 2.30. The summed E-state index contributed by atoms with van der Waals surface area (Å²) in [4.78, 5) is 11.0. The van der Waals surface area contributed by atoms with Crippen molar-refractivity contribution in [2.75, 3.05) is 13.1 Å². The van der Waals surface area contributed by atoms with E-state index < -0.39 is 5.97 Å². The second-order valence-corrected chi connectivity index (χ2v) is 5.08. The lowest BCUT2D eigenvalue weighted by Gasteiger charge is -2.35. The van der Waals surface area contributed by atoms with E-state index in [1.807, 2.05) is 0 Å². The highest BCUT2D eigenvalue weighted by molar-refractivity contribution is 5.70. The van der Waals surface area contributed by atoms with E-state index in [0.29, 0.717) is 6.04 Å². The normalized spacial score (nSPS) is 32.5. The Bertz CT molecular complexity index is 239. The molecule has 0 aromatic carbocycles. The van der Waals surface area contributed by atoms with Crippen molar-refractivity contribution in [1.82, 2.24) is 10.4 Å². The van der Waals surface area contributed by atoms with Crippen molar-refractivity contribution in [2.45, 2.75) is 51.0 Å². The smallest absolute Gasteiger partial charge is 0.306 e. The molecule has 0 spiro atoms. The van der Waals surface area contributed by atoms with Gasteiger partial charge in [0.2, 0.25) is 0 Å². The highest BCUT2D eigenvalue weighted by Gasteiger charge is 2.27. The zero-order chi connectivity index (χ0) is 11.4. The summed E-state index contributed by atoms with van der Waals surface area (Å²) in [6.07, 6.45) is 7.69. The molecule has 2 atom stereocenters. The van der Waals surface area contributed by atoms with Crippen molar-refractivity contribution >= 4 is 5.97 Å². The quantitative estimate of drug-likeness (QED) is 0.768. The lowest BCUT2D eigenvalue weighted by atomic mass is 9.86. The van der Waals surface area contributed by atoms with E-state index in [-0.39, 0.29) is 5.92 Å². The molecule has 0 aromatic rings. The summed E-state index contributed by atoms with van der Waals surface area (Å²) in [7, 11) is 0. The Morgan fingerprint density at radius 1 is 1.12 bits per heavy atom. The molecule has 1 heterocycles. The Labute approximate surface area is 97.0 Å². The van der Waals surface area contributed by atoms with Gasteiger partial charge in [-0.05, 0) is 32.1 Å². The number of carbonyl (C=O) groups is 1. The van der Waals surface area contributed by atoms with E-state index in [2.05, 4.69) is 10.4 Å². The highest BCUT2D eigenvalue weighted by Crippen LogP contribution is 2.25. The second-order valence-electron chi connectivity index (χ2n) is 5.08. The maximum atomic E-state index is 11.0. The molecule has 2 N–H and O–H groups in total. The summed E-state index contributed by atoms with van der Waals surface area (Å²) in [6, 6.07) is 0.382. The molecule has 2 fully saturated rings. The van der Waals surface area contributed by atoms with E-state index >= 15 is 0 Å². The fraction of sp³-hybridized carbons (Fsp3) is 0.917. The third kappa shape index (κ3) is 3.19. The maximum absolute atomic E-state index is 11.0. The van der Waals surface area contributed by atoms with E-state index in [9.17, 15) is 4.79 Å². The van der Waals surface area contributed by atoms with Crippen molar-refractivity contribution in [3.8, 4) is 0 Å². The van der Waals surface area contributed by atoms with Crippen LogP contribution >= 0.6 is 0 Å². The molecule has 16 heavy (non-hydrogen) atoms. The van der Waals surface area contributed by atoms with Crippen LogP contribution in [0.5, 0.6) is 0 Å². The maximum Gasteiger partial charge on any atom is 0.306 e. The van der Waals surface area contributed by atoms with Crippen LogP contribution in [0, 0.1) is 5.92 Å². The highest BCUT2D eigenvalue weighted by atomic mass is 16.4. The van der Waals surface area contributed by atoms with Crippen LogP contribution in [0.3, 0.4) is 0 Å². The number of nitrogens with zero attached hydrogens (tertiary/aromatic N) is 1. The van der Waals surface area contributed by atoms with Crippen LogP contribution in [0.25, 0.3) is 0 Å². The Kier molecular flexibility index (Phi) is 4.18. The zero-order valence-corrected chi connectivity index (χ0v) is 9.82. The average molecular weight is 226 g/mol. The zero-order valence-electron chi connectivity index (χ0n) is 9.82. The predicted molar refractivity (Wildman–Crippen MR) is 61.9 cm³/mol. The first-order valence-electron chi connectivity index (χ1n) is 6.49. The van der Waals surface area contributed by atoms with Gasteiger partial charge < -0.3 is 5.11 Å². The topological polar surface area (TPSA) is 52.6 Å². The van der Waals surface area contributed by atoms with Crippen LogP contribution in [0.4, 0.5) is 0 Å². The summed E-state index contributed by atoms with van der Waals surface area (Å²) in [5, 5.41) is 11.3. The lowest BCUT2D eigenvalue weighted by Crippen LogP contribution is -2.49. The van der Waals surface area contributed by atoms with Gasteiger partial charge >= 0.3 is 5.97 Å². The SMILES string of the molecule is O=C(O)C1CCCC(NN2CCCCC2)C1. The molecule has 4 heteroatoms. The Balaban J connectivity index is 1.78. The Morgan fingerprint density at radius 3 is 2.56 bits per heavy atom. The van der Waals surface area contributed by atoms with Crippen LogP contribution in [-0.2, 0) is 4.79 Å². The molecule has 2 aliphatic rings. The fourth-order valence-corrected chi connectivity index (χ4v) is 2.81. The van der Waals surface area contributed by atoms with Gasteiger partial charge in [0, 0.05) is 19.1 Å². The van der Waals surface area contributed by atoms with Crippen molar-refractivity contribution in [2.24, 2.45) is 5.92 Å². The fourth-order valence-electron chi connectivity index (χ4n) is 2.81. The minimum absolute atomic E-state index is 0.129. The molecule has 1 aliphatic heterocycles. The minimum atomic E-state index is -0.620. The number of piperidine rings is 1. The van der Waals surface area contributed by atoms with E-state index in [1.54, 1.807) is 0 Å². The molecule has 2 rings (SSSR count). The van der Waals surface area contributed by atoms with Crippen molar-refractivity contribution in [3.05, 3.63) is 0 Å². The molecule has 0 amide bonds. The molecular weight excluding hydrogens is 204 g/mol. The molecule has 1 aliphatic carbocycles. The Hall–Kier alpha value is -0.610. The first kappa shape index (κ1) is 11.9. The molecular formula is C12H22N2O2. The van der Waals surface area contributed by atoms with Gasteiger partial charge in [-0.2, -0.15) is 0 Å². The molecule has 0 bridgehead atoms. The van der Waals surface area contributed by atoms with Gasteiger partial charge in [0.1, 0.15) is 0 Å². The molecule has 0 radical (unpaired) electrons. The van der Waals surface area contributed by atoms with Crippen LogP contribution in [0.2, 0.25) is 0 Å². The van der Waals surface area contributed by atoms with E-state index in [0.717, 1.165) is 38.8 Å². The van der Waals surface area contributed by atoms with E-state index in [1.165, 1.54) is 19.3 Å². The molecule has 4 nitrogen and oxygen atoms in total. The summed E-state index contributed by atoms with van der Waals surface area (Å²) < 4.78 is 0. The van der Waals surface area contributed by atoms with Gasteiger partial charge in [-0.15, -0.1) is 0 Å². The standard InChI is InChI=1S/C12H22N2O2/c15-12(16)10-5-4-6-11(9-10)13-14-7-2-1-3-8-14/h10-11,13H,1-9H2,(H,15,16). The summed E-state index contributed by atoms with van der Waals surface area (Å²) >= 11 is 0. The third-order valence-electron chi connectivity index (χ3n) is 3.74. The lowest BCUT2D eigenvalue weighted by molar-refractivity contribution is -0.143. The first-order valence-corrected chi connectivity index (χ1v) is 6.49. The van der Waals surface area contributed by atoms with Gasteiger partial charge in [-0.1, -0.05) is 12.8 Å². The van der Waals surface area contributed by atoms with Gasteiger partial charge in [-0.25, -0.2) is 5.01 Å². The first-order chi connectivity index (χ1) is 7.75. The van der Waals surface area contributed by atoms with Crippen LogP contribution in [-0.4, -0.2) is 35.2 Å². The van der Waals surface area contributed by atoms with Gasteiger partial charge in [-0.3, -0.25) is 10.2 Å². The molecule has 92 valence electrons. The van der Waals surface area contributed by atoms with Crippen molar-refractivity contribution < 1.29 is 9.90 Å². The summed E-state index contributed by atoms with van der Waals surface area (Å²) in [5.74, 6) is -0.749. The number of aliphatic carboxylic acids is 1. The molecule has 0 aromatic heterocycles. The number of rotatable bonds is 3.